The number of para-hydroxylation sites is 2. The van der Waals surface area contributed by atoms with Gasteiger partial charge < -0.3 is 13.4 Å². The lowest BCUT2D eigenvalue weighted by Gasteiger charge is -2.09. The topological polar surface area (TPSA) is 44.1 Å². The Hall–Kier alpha value is -5.61. The standard InChI is InChI=1S/C37H22N2O2/c1-2-8-23(9-3-1)25-16-19-31-29(22-25)27-10-4-6-12-30(27)39(31)26-17-14-24(15-18-26)37-38-36-34(41-37)21-20-33-35(36)28-11-5-7-13-32(28)40-33/h1-22H. The fourth-order valence-corrected chi connectivity index (χ4v) is 6.14. The van der Waals surface area contributed by atoms with Gasteiger partial charge in [0.2, 0.25) is 5.89 Å². The van der Waals surface area contributed by atoms with Gasteiger partial charge in [0.15, 0.2) is 5.58 Å². The van der Waals surface area contributed by atoms with Crippen molar-refractivity contribution in [2.75, 3.05) is 0 Å². The second kappa shape index (κ2) is 8.44. The molecule has 3 aromatic heterocycles. The smallest absolute Gasteiger partial charge is 0.227 e. The molecule has 6 aromatic carbocycles. The third-order valence-corrected chi connectivity index (χ3v) is 8.05. The van der Waals surface area contributed by atoms with E-state index in [9.17, 15) is 0 Å². The predicted octanol–water partition coefficient (Wildman–Crippen LogP) is 10.2. The summed E-state index contributed by atoms with van der Waals surface area (Å²) in [4.78, 5) is 4.93. The molecular formula is C37H22N2O2. The van der Waals surface area contributed by atoms with Gasteiger partial charge in [-0.2, -0.15) is 0 Å². The zero-order chi connectivity index (χ0) is 26.9. The van der Waals surface area contributed by atoms with Gasteiger partial charge >= 0.3 is 0 Å². The molecule has 0 atom stereocenters. The normalized spacial score (nSPS) is 11.9. The van der Waals surface area contributed by atoms with Gasteiger partial charge in [0.25, 0.3) is 0 Å². The summed E-state index contributed by atoms with van der Waals surface area (Å²) in [6.45, 7) is 0. The number of rotatable bonds is 3. The molecule has 0 N–H and O–H groups in total. The fraction of sp³-hybridized carbons (Fsp3) is 0. The second-order valence-corrected chi connectivity index (χ2v) is 10.4. The molecule has 0 saturated carbocycles. The molecule has 4 heteroatoms. The predicted molar refractivity (Wildman–Crippen MR) is 166 cm³/mol. The van der Waals surface area contributed by atoms with Gasteiger partial charge in [-0.1, -0.05) is 72.8 Å². The van der Waals surface area contributed by atoms with E-state index in [1.807, 2.05) is 30.3 Å². The summed E-state index contributed by atoms with van der Waals surface area (Å²) < 4.78 is 14.6. The quantitative estimate of drug-likeness (QED) is 0.230. The average Bonchev–Trinajstić information content (AvgIpc) is 3.73. The largest absolute Gasteiger partial charge is 0.456 e. The first-order valence-electron chi connectivity index (χ1n) is 13.7. The summed E-state index contributed by atoms with van der Waals surface area (Å²) in [7, 11) is 0. The van der Waals surface area contributed by atoms with Crippen molar-refractivity contribution >= 4 is 54.8 Å². The zero-order valence-corrected chi connectivity index (χ0v) is 21.9. The minimum Gasteiger partial charge on any atom is -0.456 e. The van der Waals surface area contributed by atoms with Crippen LogP contribution in [0.15, 0.2) is 142 Å². The minimum absolute atomic E-state index is 0.596. The van der Waals surface area contributed by atoms with Crippen LogP contribution in [-0.4, -0.2) is 9.55 Å². The van der Waals surface area contributed by atoms with E-state index in [1.54, 1.807) is 0 Å². The summed E-state index contributed by atoms with van der Waals surface area (Å²) in [6.07, 6.45) is 0. The maximum atomic E-state index is 6.25. The molecule has 0 aliphatic carbocycles. The molecule has 9 aromatic rings. The van der Waals surface area contributed by atoms with E-state index in [1.165, 1.54) is 32.9 Å². The number of furan rings is 1. The number of nitrogens with zero attached hydrogens (tertiary/aromatic N) is 2. The lowest BCUT2D eigenvalue weighted by atomic mass is 10.0. The molecule has 9 rings (SSSR count). The zero-order valence-electron chi connectivity index (χ0n) is 21.9. The van der Waals surface area contributed by atoms with Crippen LogP contribution < -0.4 is 0 Å². The Morgan fingerprint density at radius 2 is 1.17 bits per heavy atom. The lowest BCUT2D eigenvalue weighted by molar-refractivity contribution is 0.619. The van der Waals surface area contributed by atoms with Crippen molar-refractivity contribution in [3.05, 3.63) is 133 Å². The van der Waals surface area contributed by atoms with Crippen LogP contribution in [0.5, 0.6) is 0 Å². The van der Waals surface area contributed by atoms with Gasteiger partial charge in [0.1, 0.15) is 16.7 Å². The highest BCUT2D eigenvalue weighted by atomic mass is 16.4. The van der Waals surface area contributed by atoms with Crippen LogP contribution in [0.2, 0.25) is 0 Å². The Kier molecular flexibility index (Phi) is 4.58. The van der Waals surface area contributed by atoms with E-state index < -0.39 is 0 Å². The molecule has 0 aliphatic rings. The summed E-state index contributed by atoms with van der Waals surface area (Å²) in [6, 6.07) is 46.3. The molecule has 0 saturated heterocycles. The Labute approximate surface area is 234 Å². The summed E-state index contributed by atoms with van der Waals surface area (Å²) >= 11 is 0. The first-order chi connectivity index (χ1) is 20.3. The van der Waals surface area contributed by atoms with Crippen molar-refractivity contribution in [2.24, 2.45) is 0 Å². The van der Waals surface area contributed by atoms with Gasteiger partial charge in [0.05, 0.1) is 16.4 Å². The molecule has 4 nitrogen and oxygen atoms in total. The number of benzene rings is 6. The van der Waals surface area contributed by atoms with Crippen LogP contribution in [0.1, 0.15) is 0 Å². The molecule has 0 bridgehead atoms. The second-order valence-electron chi connectivity index (χ2n) is 10.4. The van der Waals surface area contributed by atoms with E-state index in [0.29, 0.717) is 5.89 Å². The summed E-state index contributed by atoms with van der Waals surface area (Å²) in [5.41, 5.74) is 10.0. The molecule has 0 unspecified atom stereocenters. The first-order valence-corrected chi connectivity index (χ1v) is 13.7. The molecule has 3 heterocycles. The van der Waals surface area contributed by atoms with E-state index in [-0.39, 0.29) is 0 Å². The van der Waals surface area contributed by atoms with Crippen molar-refractivity contribution in [2.45, 2.75) is 0 Å². The lowest BCUT2D eigenvalue weighted by Crippen LogP contribution is -1.93. The molecule has 41 heavy (non-hydrogen) atoms. The van der Waals surface area contributed by atoms with Gasteiger partial charge in [-0.25, -0.2) is 4.98 Å². The monoisotopic (exact) mass is 526 g/mol. The van der Waals surface area contributed by atoms with Crippen LogP contribution in [0, 0.1) is 0 Å². The summed E-state index contributed by atoms with van der Waals surface area (Å²) in [5, 5.41) is 4.51. The summed E-state index contributed by atoms with van der Waals surface area (Å²) in [5.74, 6) is 0.596. The first kappa shape index (κ1) is 22.2. The third-order valence-electron chi connectivity index (χ3n) is 8.05. The molecule has 0 amide bonds. The van der Waals surface area contributed by atoms with Crippen LogP contribution in [0.4, 0.5) is 0 Å². The van der Waals surface area contributed by atoms with E-state index in [0.717, 1.165) is 44.3 Å². The number of hydrogen-bond donors (Lipinski definition) is 0. The molecular weight excluding hydrogens is 504 g/mol. The van der Waals surface area contributed by atoms with Crippen molar-refractivity contribution in [3.8, 4) is 28.3 Å². The van der Waals surface area contributed by atoms with E-state index >= 15 is 0 Å². The molecule has 0 spiro atoms. The van der Waals surface area contributed by atoms with Crippen molar-refractivity contribution in [1.29, 1.82) is 0 Å². The maximum absolute atomic E-state index is 6.25. The number of fused-ring (bicyclic) bond motifs is 8. The van der Waals surface area contributed by atoms with Crippen molar-refractivity contribution in [3.63, 3.8) is 0 Å². The van der Waals surface area contributed by atoms with Crippen molar-refractivity contribution in [1.82, 2.24) is 9.55 Å². The van der Waals surface area contributed by atoms with E-state index in [4.69, 9.17) is 13.8 Å². The molecule has 192 valence electrons. The molecule has 0 aliphatic heterocycles. The van der Waals surface area contributed by atoms with Crippen LogP contribution in [0.25, 0.3) is 83.1 Å². The number of oxazole rings is 1. The molecule has 0 fully saturated rings. The Morgan fingerprint density at radius 1 is 0.463 bits per heavy atom. The van der Waals surface area contributed by atoms with Gasteiger partial charge in [-0.05, 0) is 71.8 Å². The van der Waals surface area contributed by atoms with E-state index in [2.05, 4.69) is 108 Å². The molecule has 0 radical (unpaired) electrons. The maximum Gasteiger partial charge on any atom is 0.227 e. The van der Waals surface area contributed by atoms with Crippen LogP contribution in [0.3, 0.4) is 0 Å². The third kappa shape index (κ3) is 3.31. The van der Waals surface area contributed by atoms with Gasteiger partial charge in [0, 0.05) is 27.4 Å². The Bertz CT molecular complexity index is 2410. The Balaban J connectivity index is 1.17. The minimum atomic E-state index is 0.596. The number of aromatic nitrogens is 2. The SMILES string of the molecule is c1ccc(-c2ccc3c(c2)c2ccccc2n3-c2ccc(-c3nc4c(ccc5oc6ccccc6c54)o3)cc2)cc1. The average molecular weight is 527 g/mol. The number of hydrogen-bond acceptors (Lipinski definition) is 3. The highest BCUT2D eigenvalue weighted by Crippen LogP contribution is 2.38. The Morgan fingerprint density at radius 3 is 2.05 bits per heavy atom. The van der Waals surface area contributed by atoms with Gasteiger partial charge in [-0.15, -0.1) is 0 Å². The highest BCUT2D eigenvalue weighted by molar-refractivity contribution is 6.16. The van der Waals surface area contributed by atoms with Crippen molar-refractivity contribution < 1.29 is 8.83 Å². The van der Waals surface area contributed by atoms with Crippen LogP contribution in [-0.2, 0) is 0 Å². The fourth-order valence-electron chi connectivity index (χ4n) is 6.14. The highest BCUT2D eigenvalue weighted by Gasteiger charge is 2.17. The van der Waals surface area contributed by atoms with Gasteiger partial charge in [-0.3, -0.25) is 0 Å². The van der Waals surface area contributed by atoms with Crippen LogP contribution >= 0.6 is 0 Å².